The van der Waals surface area contributed by atoms with Gasteiger partial charge in [0.25, 0.3) is 5.56 Å². The van der Waals surface area contributed by atoms with Crippen LogP contribution in [0.2, 0.25) is 5.02 Å². The molecule has 0 saturated heterocycles. The van der Waals surface area contributed by atoms with Crippen molar-refractivity contribution in [2.75, 3.05) is 0 Å². The van der Waals surface area contributed by atoms with Crippen LogP contribution in [0.25, 0.3) is 0 Å². The molecule has 3 rings (SSSR count). The number of carbonyl (C=O) groups is 1. The third-order valence-corrected chi connectivity index (χ3v) is 4.43. The standard InChI is InChI=1S/C16H14ClFN2O3/c17-12-2-1-3-13(18)11(12)8-20-15(21)7-10-6-9(16(22)23)4-5-14(10)19-20/h1-3,7,9H,4-6,8H2,(H,22,23)/t9-/m0/s1. The van der Waals surface area contributed by atoms with Crippen LogP contribution in [0.5, 0.6) is 0 Å². The van der Waals surface area contributed by atoms with Crippen LogP contribution in [-0.2, 0) is 24.2 Å². The summed E-state index contributed by atoms with van der Waals surface area (Å²) in [6, 6.07) is 5.73. The minimum atomic E-state index is -0.863. The number of carboxylic acid groups (broad SMARTS) is 1. The number of hydrogen-bond donors (Lipinski definition) is 1. The van der Waals surface area contributed by atoms with Gasteiger partial charge in [-0.1, -0.05) is 17.7 Å². The van der Waals surface area contributed by atoms with Gasteiger partial charge >= 0.3 is 5.97 Å². The highest BCUT2D eigenvalue weighted by molar-refractivity contribution is 6.31. The van der Waals surface area contributed by atoms with Gasteiger partial charge in [0, 0.05) is 16.7 Å². The van der Waals surface area contributed by atoms with Crippen LogP contribution in [0.15, 0.2) is 29.1 Å². The second-order valence-corrected chi connectivity index (χ2v) is 6.00. The van der Waals surface area contributed by atoms with Crippen LogP contribution in [0.1, 0.15) is 23.2 Å². The molecule has 5 nitrogen and oxygen atoms in total. The van der Waals surface area contributed by atoms with E-state index in [2.05, 4.69) is 5.10 Å². The van der Waals surface area contributed by atoms with Gasteiger partial charge in [0.05, 0.1) is 18.2 Å². The zero-order valence-electron chi connectivity index (χ0n) is 12.1. The first-order chi connectivity index (χ1) is 11.0. The Hall–Kier alpha value is -2.21. The lowest BCUT2D eigenvalue weighted by atomic mass is 9.87. The number of aromatic nitrogens is 2. The molecule has 0 saturated carbocycles. The second-order valence-electron chi connectivity index (χ2n) is 5.59. The van der Waals surface area contributed by atoms with Crippen molar-refractivity contribution in [2.45, 2.75) is 25.8 Å². The van der Waals surface area contributed by atoms with Gasteiger partial charge in [-0.05, 0) is 37.0 Å². The zero-order chi connectivity index (χ0) is 16.6. The Bertz CT molecular complexity index is 814. The monoisotopic (exact) mass is 336 g/mol. The number of rotatable bonds is 3. The summed E-state index contributed by atoms with van der Waals surface area (Å²) in [5, 5.41) is 13.6. The molecular weight excluding hydrogens is 323 g/mol. The van der Waals surface area contributed by atoms with E-state index in [0.29, 0.717) is 30.5 Å². The van der Waals surface area contributed by atoms with Gasteiger partial charge < -0.3 is 5.11 Å². The molecule has 1 heterocycles. The minimum Gasteiger partial charge on any atom is -0.481 e. The number of nitrogens with zero attached hydrogens (tertiary/aromatic N) is 2. The highest BCUT2D eigenvalue weighted by Crippen LogP contribution is 2.24. The van der Waals surface area contributed by atoms with Crippen LogP contribution < -0.4 is 5.56 Å². The Balaban J connectivity index is 1.94. The molecule has 1 aliphatic rings. The lowest BCUT2D eigenvalue weighted by Crippen LogP contribution is -2.30. The van der Waals surface area contributed by atoms with Crippen molar-refractivity contribution in [1.82, 2.24) is 9.78 Å². The summed E-state index contributed by atoms with van der Waals surface area (Å²) in [6.07, 6.45) is 1.26. The van der Waals surface area contributed by atoms with Crippen molar-refractivity contribution >= 4 is 17.6 Å². The van der Waals surface area contributed by atoms with E-state index in [9.17, 15) is 14.0 Å². The van der Waals surface area contributed by atoms with E-state index in [1.807, 2.05) is 0 Å². The molecule has 7 heteroatoms. The molecule has 120 valence electrons. The molecule has 1 N–H and O–H groups in total. The van der Waals surface area contributed by atoms with E-state index in [4.69, 9.17) is 16.7 Å². The van der Waals surface area contributed by atoms with Crippen LogP contribution >= 0.6 is 11.6 Å². The summed E-state index contributed by atoms with van der Waals surface area (Å²) in [5.41, 5.74) is 1.16. The van der Waals surface area contributed by atoms with Gasteiger partial charge in [0.1, 0.15) is 5.82 Å². The number of aryl methyl sites for hydroxylation is 1. The van der Waals surface area contributed by atoms with Gasteiger partial charge in [0.2, 0.25) is 0 Å². The van der Waals surface area contributed by atoms with Crippen molar-refractivity contribution in [3.63, 3.8) is 0 Å². The van der Waals surface area contributed by atoms with Crippen molar-refractivity contribution in [3.05, 3.63) is 62.3 Å². The fourth-order valence-corrected chi connectivity index (χ4v) is 3.01. The predicted octanol–water partition coefficient (Wildman–Crippen LogP) is 2.27. The molecule has 1 aromatic heterocycles. The van der Waals surface area contributed by atoms with Crippen LogP contribution in [0, 0.1) is 11.7 Å². The van der Waals surface area contributed by atoms with E-state index in [1.165, 1.54) is 22.9 Å². The van der Waals surface area contributed by atoms with Crippen molar-refractivity contribution in [3.8, 4) is 0 Å². The summed E-state index contributed by atoms with van der Waals surface area (Å²) in [6.45, 7) is -0.0556. The molecule has 23 heavy (non-hydrogen) atoms. The first-order valence-electron chi connectivity index (χ1n) is 7.21. The Morgan fingerprint density at radius 2 is 2.26 bits per heavy atom. The average molecular weight is 337 g/mol. The molecule has 0 bridgehead atoms. The third-order valence-electron chi connectivity index (χ3n) is 4.08. The SMILES string of the molecule is O=C(O)[C@H]1CCc2nn(Cc3c(F)cccc3Cl)c(=O)cc2C1. The number of halogens is 2. The maximum absolute atomic E-state index is 13.9. The maximum Gasteiger partial charge on any atom is 0.306 e. The van der Waals surface area contributed by atoms with Gasteiger partial charge in [-0.2, -0.15) is 5.10 Å². The second kappa shape index (κ2) is 6.12. The molecule has 0 fully saturated rings. The van der Waals surface area contributed by atoms with Gasteiger partial charge in [-0.3, -0.25) is 9.59 Å². The molecule has 0 spiro atoms. The van der Waals surface area contributed by atoms with E-state index < -0.39 is 23.3 Å². The van der Waals surface area contributed by atoms with E-state index in [-0.39, 0.29) is 17.1 Å². The Morgan fingerprint density at radius 1 is 1.48 bits per heavy atom. The van der Waals surface area contributed by atoms with E-state index >= 15 is 0 Å². The van der Waals surface area contributed by atoms with Crippen LogP contribution in [-0.4, -0.2) is 20.9 Å². The molecule has 0 radical (unpaired) electrons. The lowest BCUT2D eigenvalue weighted by molar-refractivity contribution is -0.142. The average Bonchev–Trinajstić information content (AvgIpc) is 2.50. The van der Waals surface area contributed by atoms with Crippen molar-refractivity contribution < 1.29 is 14.3 Å². The van der Waals surface area contributed by atoms with Crippen molar-refractivity contribution in [1.29, 1.82) is 0 Å². The third kappa shape index (κ3) is 3.12. The Kier molecular flexibility index (Phi) is 4.17. The van der Waals surface area contributed by atoms with Gasteiger partial charge in [-0.25, -0.2) is 9.07 Å². The summed E-state index contributed by atoms with van der Waals surface area (Å²) in [4.78, 5) is 23.3. The van der Waals surface area contributed by atoms with Gasteiger partial charge in [-0.15, -0.1) is 0 Å². The fourth-order valence-electron chi connectivity index (χ4n) is 2.79. The van der Waals surface area contributed by atoms with Gasteiger partial charge in [0.15, 0.2) is 0 Å². The molecule has 2 aromatic rings. The van der Waals surface area contributed by atoms with E-state index in [1.54, 1.807) is 6.07 Å². The zero-order valence-corrected chi connectivity index (χ0v) is 12.9. The Labute approximate surface area is 136 Å². The highest BCUT2D eigenvalue weighted by atomic mass is 35.5. The first kappa shape index (κ1) is 15.7. The van der Waals surface area contributed by atoms with Crippen LogP contribution in [0.4, 0.5) is 4.39 Å². The minimum absolute atomic E-state index is 0.0556. The predicted molar refractivity (Wildman–Crippen MR) is 82.2 cm³/mol. The molecule has 0 aliphatic heterocycles. The molecule has 0 amide bonds. The molecule has 0 unspecified atom stereocenters. The molecular formula is C16H14ClFN2O3. The number of hydrogen-bond acceptors (Lipinski definition) is 3. The summed E-state index contributed by atoms with van der Waals surface area (Å²) < 4.78 is 15.0. The largest absolute Gasteiger partial charge is 0.481 e. The smallest absolute Gasteiger partial charge is 0.306 e. The normalized spacial score (nSPS) is 16.9. The molecule has 1 aliphatic carbocycles. The number of carboxylic acids is 1. The number of fused-ring (bicyclic) bond motifs is 1. The maximum atomic E-state index is 13.9. The van der Waals surface area contributed by atoms with E-state index in [0.717, 1.165) is 0 Å². The first-order valence-corrected chi connectivity index (χ1v) is 7.59. The quantitative estimate of drug-likeness (QED) is 0.933. The highest BCUT2D eigenvalue weighted by Gasteiger charge is 2.26. The molecule has 1 aromatic carbocycles. The topological polar surface area (TPSA) is 72.2 Å². The summed E-state index contributed by atoms with van der Waals surface area (Å²) in [5.74, 6) is -1.84. The molecule has 1 atom stereocenters. The summed E-state index contributed by atoms with van der Waals surface area (Å²) >= 11 is 5.98. The summed E-state index contributed by atoms with van der Waals surface area (Å²) in [7, 11) is 0. The lowest BCUT2D eigenvalue weighted by Gasteiger charge is -2.21. The van der Waals surface area contributed by atoms with Crippen molar-refractivity contribution in [2.24, 2.45) is 5.92 Å². The Morgan fingerprint density at radius 3 is 2.96 bits per heavy atom. The number of benzene rings is 1. The number of aliphatic carboxylic acids is 1. The van der Waals surface area contributed by atoms with Crippen LogP contribution in [0.3, 0.4) is 0 Å². The fraction of sp³-hybridized carbons (Fsp3) is 0.312.